The van der Waals surface area contributed by atoms with Crippen molar-refractivity contribution in [3.63, 3.8) is 0 Å². The molecule has 0 radical (unpaired) electrons. The minimum Gasteiger partial charge on any atom is -0.490 e. The highest BCUT2D eigenvalue weighted by Crippen LogP contribution is 2.28. The zero-order valence-electron chi connectivity index (χ0n) is 17.7. The molecule has 164 valence electrons. The third-order valence-corrected chi connectivity index (χ3v) is 5.14. The molecule has 1 aliphatic rings. The Kier molecular flexibility index (Phi) is 10.5. The lowest BCUT2D eigenvalue weighted by Crippen LogP contribution is -2.39. The number of rotatable bonds is 10. The minimum absolute atomic E-state index is 0. The molecule has 2 aromatic carbocycles. The van der Waals surface area contributed by atoms with Crippen molar-refractivity contribution in [2.75, 3.05) is 13.2 Å². The van der Waals surface area contributed by atoms with Crippen molar-refractivity contribution >= 4 is 18.3 Å². The van der Waals surface area contributed by atoms with Gasteiger partial charge >= 0.3 is 0 Å². The van der Waals surface area contributed by atoms with Gasteiger partial charge in [0.05, 0.1) is 6.61 Å². The van der Waals surface area contributed by atoms with E-state index in [2.05, 4.69) is 22.8 Å². The Balaban J connectivity index is 0.00000320. The van der Waals surface area contributed by atoms with Crippen LogP contribution in [0, 0.1) is 0 Å². The summed E-state index contributed by atoms with van der Waals surface area (Å²) in [5.74, 6) is 1.22. The Morgan fingerprint density at radius 2 is 1.67 bits per heavy atom. The topological polar surface area (TPSA) is 59.6 Å². The summed E-state index contributed by atoms with van der Waals surface area (Å²) in [7, 11) is 0. The average Bonchev–Trinajstić information content (AvgIpc) is 2.75. The Morgan fingerprint density at radius 3 is 2.40 bits per heavy atom. The molecule has 0 bridgehead atoms. The first-order chi connectivity index (χ1) is 14.2. The van der Waals surface area contributed by atoms with Crippen LogP contribution >= 0.6 is 12.4 Å². The van der Waals surface area contributed by atoms with Crippen LogP contribution in [-0.4, -0.2) is 25.2 Å². The molecule has 0 saturated heterocycles. The van der Waals surface area contributed by atoms with Gasteiger partial charge in [0.25, 0.3) is 5.91 Å². The maximum Gasteiger partial charge on any atom is 0.258 e. The molecule has 2 N–H and O–H groups in total. The summed E-state index contributed by atoms with van der Waals surface area (Å²) in [4.78, 5) is 12.2. The van der Waals surface area contributed by atoms with Gasteiger partial charge in [-0.2, -0.15) is 0 Å². The van der Waals surface area contributed by atoms with Crippen molar-refractivity contribution < 1.29 is 14.3 Å². The summed E-state index contributed by atoms with van der Waals surface area (Å²) >= 11 is 0. The van der Waals surface area contributed by atoms with Gasteiger partial charge in [0.15, 0.2) is 18.1 Å². The predicted octanol–water partition coefficient (Wildman–Crippen LogP) is 4.62. The highest BCUT2D eigenvalue weighted by atomic mass is 35.5. The molecule has 2 aromatic rings. The number of carbonyl (C=O) groups is 1. The lowest BCUT2D eigenvalue weighted by Gasteiger charge is -2.22. The average molecular weight is 433 g/mol. The summed E-state index contributed by atoms with van der Waals surface area (Å²) in [6, 6.07) is 16.5. The van der Waals surface area contributed by atoms with Gasteiger partial charge in [-0.25, -0.2) is 0 Å². The number of benzene rings is 2. The highest BCUT2D eigenvalue weighted by molar-refractivity contribution is 5.85. The number of amides is 1. The van der Waals surface area contributed by atoms with Crippen LogP contribution < -0.4 is 20.1 Å². The van der Waals surface area contributed by atoms with Crippen molar-refractivity contribution in [3.8, 4) is 11.5 Å². The molecule has 1 amide bonds. The Hall–Kier alpha value is -2.24. The maximum atomic E-state index is 12.2. The van der Waals surface area contributed by atoms with Crippen LogP contribution in [-0.2, 0) is 17.9 Å². The Labute approximate surface area is 186 Å². The van der Waals surface area contributed by atoms with E-state index >= 15 is 0 Å². The fraction of sp³-hybridized carbons (Fsp3) is 0.458. The van der Waals surface area contributed by atoms with Crippen LogP contribution in [0.3, 0.4) is 0 Å². The third kappa shape index (κ3) is 7.88. The molecule has 0 unspecified atom stereocenters. The van der Waals surface area contributed by atoms with Crippen LogP contribution in [0.1, 0.15) is 50.2 Å². The molecule has 1 aliphatic carbocycles. The first kappa shape index (κ1) is 24.0. The largest absolute Gasteiger partial charge is 0.490 e. The molecular weight excluding hydrogens is 400 g/mol. The number of ether oxygens (including phenoxy) is 2. The Bertz CT molecular complexity index is 764. The van der Waals surface area contributed by atoms with Gasteiger partial charge in [-0.3, -0.25) is 4.79 Å². The number of nitrogens with one attached hydrogen (secondary N) is 2. The first-order valence-electron chi connectivity index (χ1n) is 10.7. The fourth-order valence-electron chi connectivity index (χ4n) is 3.66. The van der Waals surface area contributed by atoms with Crippen molar-refractivity contribution in [1.82, 2.24) is 10.6 Å². The van der Waals surface area contributed by atoms with Gasteiger partial charge in [-0.1, -0.05) is 55.7 Å². The molecule has 0 aliphatic heterocycles. The van der Waals surface area contributed by atoms with Crippen molar-refractivity contribution in [3.05, 3.63) is 59.7 Å². The van der Waals surface area contributed by atoms with Gasteiger partial charge in [-0.15, -0.1) is 12.4 Å². The summed E-state index contributed by atoms with van der Waals surface area (Å²) in [5.41, 5.74) is 2.37. The van der Waals surface area contributed by atoms with E-state index in [1.165, 1.54) is 24.8 Å². The summed E-state index contributed by atoms with van der Waals surface area (Å²) in [5, 5.41) is 6.52. The van der Waals surface area contributed by atoms with Gasteiger partial charge < -0.3 is 20.1 Å². The SMILES string of the molecule is CCOc1cc(CNCc2ccccc2)ccc1OCC(=O)NC1CCCCC1.Cl. The lowest BCUT2D eigenvalue weighted by atomic mass is 9.95. The van der Waals surface area contributed by atoms with Crippen LogP contribution in [0.15, 0.2) is 48.5 Å². The van der Waals surface area contributed by atoms with E-state index in [1.54, 1.807) is 0 Å². The zero-order valence-corrected chi connectivity index (χ0v) is 18.5. The molecule has 0 aromatic heterocycles. The smallest absolute Gasteiger partial charge is 0.258 e. The molecule has 3 rings (SSSR count). The van der Waals surface area contributed by atoms with Crippen molar-refractivity contribution in [2.24, 2.45) is 0 Å². The van der Waals surface area contributed by atoms with Crippen molar-refractivity contribution in [1.29, 1.82) is 0 Å². The van der Waals surface area contributed by atoms with Crippen LogP contribution in [0.25, 0.3) is 0 Å². The number of halogens is 1. The van der Waals surface area contributed by atoms with Crippen LogP contribution in [0.2, 0.25) is 0 Å². The van der Waals surface area contributed by atoms with Gasteiger partial charge in [0, 0.05) is 19.1 Å². The van der Waals surface area contributed by atoms with Crippen LogP contribution in [0.4, 0.5) is 0 Å². The second kappa shape index (κ2) is 13.1. The van der Waals surface area contributed by atoms with E-state index in [0.717, 1.165) is 31.5 Å². The number of carbonyl (C=O) groups excluding carboxylic acids is 1. The molecule has 0 spiro atoms. The highest BCUT2D eigenvalue weighted by Gasteiger charge is 2.16. The molecule has 1 fully saturated rings. The first-order valence-corrected chi connectivity index (χ1v) is 10.7. The second-order valence-electron chi connectivity index (χ2n) is 7.49. The van der Waals surface area contributed by atoms with E-state index in [-0.39, 0.29) is 24.9 Å². The van der Waals surface area contributed by atoms with E-state index in [4.69, 9.17) is 9.47 Å². The van der Waals surface area contributed by atoms with E-state index in [0.29, 0.717) is 24.1 Å². The van der Waals surface area contributed by atoms with Gasteiger partial charge in [-0.05, 0) is 43.0 Å². The van der Waals surface area contributed by atoms with E-state index in [1.807, 2.05) is 43.3 Å². The summed E-state index contributed by atoms with van der Waals surface area (Å²) < 4.78 is 11.5. The van der Waals surface area contributed by atoms with E-state index < -0.39 is 0 Å². The third-order valence-electron chi connectivity index (χ3n) is 5.14. The zero-order chi connectivity index (χ0) is 20.3. The quantitative estimate of drug-likeness (QED) is 0.574. The molecule has 30 heavy (non-hydrogen) atoms. The maximum absolute atomic E-state index is 12.2. The normalized spacial score (nSPS) is 13.9. The molecule has 0 heterocycles. The van der Waals surface area contributed by atoms with Gasteiger partial charge in [0.1, 0.15) is 0 Å². The standard InChI is InChI=1S/C24H32N2O3.ClH/c1-2-28-23-15-20(17-25-16-19-9-5-3-6-10-19)13-14-22(23)29-18-24(27)26-21-11-7-4-8-12-21;/h3,5-6,9-10,13-15,21,25H,2,4,7-8,11-12,16-18H2,1H3,(H,26,27);1H. The van der Waals surface area contributed by atoms with Crippen LogP contribution in [0.5, 0.6) is 11.5 Å². The van der Waals surface area contributed by atoms with Gasteiger partial charge in [0.2, 0.25) is 0 Å². The molecule has 6 heteroatoms. The van der Waals surface area contributed by atoms with Crippen molar-refractivity contribution in [2.45, 2.75) is 58.2 Å². The monoisotopic (exact) mass is 432 g/mol. The summed E-state index contributed by atoms with van der Waals surface area (Å²) in [6.07, 6.45) is 5.80. The Morgan fingerprint density at radius 1 is 0.933 bits per heavy atom. The molecule has 1 saturated carbocycles. The molecule has 0 atom stereocenters. The second-order valence-corrected chi connectivity index (χ2v) is 7.49. The lowest BCUT2D eigenvalue weighted by molar-refractivity contribution is -0.124. The predicted molar refractivity (Wildman–Crippen MR) is 122 cm³/mol. The molecule has 5 nitrogen and oxygen atoms in total. The number of hydrogen-bond acceptors (Lipinski definition) is 4. The minimum atomic E-state index is -0.0621. The van der Waals surface area contributed by atoms with E-state index in [9.17, 15) is 4.79 Å². The fourth-order valence-corrected chi connectivity index (χ4v) is 3.66. The summed E-state index contributed by atoms with van der Waals surface area (Å²) in [6.45, 7) is 4.05. The number of hydrogen-bond donors (Lipinski definition) is 2. The molecular formula is C24H33ClN2O3.